The molecule has 1 aromatic carbocycles. The molecule has 1 atom stereocenters. The summed E-state index contributed by atoms with van der Waals surface area (Å²) in [5, 5.41) is 4.36. The van der Waals surface area contributed by atoms with Gasteiger partial charge in [0.25, 0.3) is 0 Å². The summed E-state index contributed by atoms with van der Waals surface area (Å²) in [5.74, 6) is 0.821. The average molecular weight is 326 g/mol. The predicted octanol–water partition coefficient (Wildman–Crippen LogP) is 3.91. The number of nitrogens with one attached hydrogen (secondary N) is 1. The van der Waals surface area contributed by atoms with Gasteiger partial charge < -0.3 is 9.88 Å². The molecule has 2 aliphatic rings. The molecule has 2 aromatic heterocycles. The van der Waals surface area contributed by atoms with Crippen molar-refractivity contribution in [1.82, 2.24) is 19.5 Å². The molecule has 0 aliphatic heterocycles. The SMILES string of the molecule is Clc1ccc2c(c1)CCC2Nc1ncnc2c1ncn2C1CC1. The average Bonchev–Trinajstić information content (AvgIpc) is 3.18. The van der Waals surface area contributed by atoms with Crippen LogP contribution in [0, 0.1) is 0 Å². The molecule has 3 aromatic rings. The van der Waals surface area contributed by atoms with Gasteiger partial charge in [-0.15, -0.1) is 0 Å². The van der Waals surface area contributed by atoms with Crippen molar-refractivity contribution in [3.63, 3.8) is 0 Å². The first-order chi connectivity index (χ1) is 11.3. The number of anilines is 1. The highest BCUT2D eigenvalue weighted by Crippen LogP contribution is 2.39. The zero-order valence-corrected chi connectivity index (χ0v) is 13.3. The lowest BCUT2D eigenvalue weighted by molar-refractivity contribution is 0.753. The fourth-order valence-corrected chi connectivity index (χ4v) is 3.67. The molecule has 1 unspecified atom stereocenters. The first-order valence-electron chi connectivity index (χ1n) is 8.02. The number of rotatable bonds is 3. The van der Waals surface area contributed by atoms with E-state index in [1.54, 1.807) is 6.33 Å². The Hall–Kier alpha value is -2.14. The number of imidazole rings is 1. The number of hydrogen-bond acceptors (Lipinski definition) is 4. The maximum absolute atomic E-state index is 6.09. The quantitative estimate of drug-likeness (QED) is 0.793. The van der Waals surface area contributed by atoms with E-state index in [0.717, 1.165) is 34.8 Å². The Morgan fingerprint density at radius 3 is 2.91 bits per heavy atom. The minimum atomic E-state index is 0.256. The molecule has 2 heterocycles. The predicted molar refractivity (Wildman–Crippen MR) is 89.7 cm³/mol. The summed E-state index contributed by atoms with van der Waals surface area (Å²) in [6.45, 7) is 0. The van der Waals surface area contributed by atoms with E-state index in [9.17, 15) is 0 Å². The molecule has 116 valence electrons. The molecule has 2 aliphatic carbocycles. The van der Waals surface area contributed by atoms with Gasteiger partial charge in [-0.2, -0.15) is 0 Å². The summed E-state index contributed by atoms with van der Waals surface area (Å²) >= 11 is 6.09. The Morgan fingerprint density at radius 2 is 2.04 bits per heavy atom. The lowest BCUT2D eigenvalue weighted by atomic mass is 10.1. The number of fused-ring (bicyclic) bond motifs is 2. The van der Waals surface area contributed by atoms with Crippen molar-refractivity contribution in [3.8, 4) is 0 Å². The van der Waals surface area contributed by atoms with E-state index in [-0.39, 0.29) is 6.04 Å². The Bertz CT molecular complexity index is 899. The first kappa shape index (κ1) is 13.3. The summed E-state index contributed by atoms with van der Waals surface area (Å²) < 4.78 is 2.17. The highest BCUT2D eigenvalue weighted by molar-refractivity contribution is 6.30. The second-order valence-electron chi connectivity index (χ2n) is 6.36. The van der Waals surface area contributed by atoms with Crippen molar-refractivity contribution < 1.29 is 0 Å². The number of aryl methyl sites for hydroxylation is 1. The van der Waals surface area contributed by atoms with Gasteiger partial charge in [-0.1, -0.05) is 17.7 Å². The molecule has 1 fully saturated rings. The van der Waals surface area contributed by atoms with Crippen LogP contribution in [0.4, 0.5) is 5.82 Å². The van der Waals surface area contributed by atoms with Crippen molar-refractivity contribution in [3.05, 3.63) is 47.0 Å². The summed E-state index contributed by atoms with van der Waals surface area (Å²) in [7, 11) is 0. The van der Waals surface area contributed by atoms with Crippen LogP contribution in [0.1, 0.15) is 42.5 Å². The first-order valence-corrected chi connectivity index (χ1v) is 8.40. The second kappa shape index (κ2) is 4.93. The van der Waals surface area contributed by atoms with E-state index < -0.39 is 0 Å². The van der Waals surface area contributed by atoms with Crippen molar-refractivity contribution in [2.75, 3.05) is 5.32 Å². The third-order valence-electron chi connectivity index (χ3n) is 4.79. The molecule has 0 radical (unpaired) electrons. The number of nitrogens with zero attached hydrogens (tertiary/aromatic N) is 4. The van der Waals surface area contributed by atoms with Crippen LogP contribution in [-0.2, 0) is 6.42 Å². The number of aromatic nitrogens is 4. The monoisotopic (exact) mass is 325 g/mol. The van der Waals surface area contributed by atoms with E-state index >= 15 is 0 Å². The molecule has 0 saturated heterocycles. The summed E-state index contributed by atoms with van der Waals surface area (Å²) in [6.07, 6.45) is 8.04. The molecule has 5 nitrogen and oxygen atoms in total. The van der Waals surface area contributed by atoms with E-state index in [0.29, 0.717) is 6.04 Å². The Kier molecular flexibility index (Phi) is 2.85. The zero-order valence-electron chi connectivity index (χ0n) is 12.5. The topological polar surface area (TPSA) is 55.6 Å². The molecular weight excluding hydrogens is 310 g/mol. The van der Waals surface area contributed by atoms with Crippen molar-refractivity contribution in [2.24, 2.45) is 0 Å². The van der Waals surface area contributed by atoms with Crippen LogP contribution in [0.25, 0.3) is 11.2 Å². The lowest BCUT2D eigenvalue weighted by Gasteiger charge is -2.15. The summed E-state index contributed by atoms with van der Waals surface area (Å²) in [5.41, 5.74) is 4.42. The third kappa shape index (κ3) is 2.18. The van der Waals surface area contributed by atoms with Crippen LogP contribution in [0.2, 0.25) is 5.02 Å². The van der Waals surface area contributed by atoms with Crippen LogP contribution in [0.15, 0.2) is 30.9 Å². The normalized spacial score (nSPS) is 20.0. The molecule has 0 spiro atoms. The maximum Gasteiger partial charge on any atom is 0.165 e. The molecular formula is C17H16ClN5. The number of halogens is 1. The smallest absolute Gasteiger partial charge is 0.165 e. The molecule has 0 bridgehead atoms. The fraction of sp³-hybridized carbons (Fsp3) is 0.353. The van der Waals surface area contributed by atoms with Gasteiger partial charge in [-0.3, -0.25) is 0 Å². The summed E-state index contributed by atoms with van der Waals surface area (Å²) in [6, 6.07) is 6.96. The Labute approximate surface area is 138 Å². The van der Waals surface area contributed by atoms with E-state index in [2.05, 4.69) is 37.0 Å². The number of benzene rings is 1. The Balaban J connectivity index is 1.51. The van der Waals surface area contributed by atoms with Crippen LogP contribution >= 0.6 is 11.6 Å². The molecule has 1 saturated carbocycles. The van der Waals surface area contributed by atoms with Gasteiger partial charge >= 0.3 is 0 Å². The number of hydrogen-bond donors (Lipinski definition) is 1. The lowest BCUT2D eigenvalue weighted by Crippen LogP contribution is -2.09. The minimum absolute atomic E-state index is 0.256. The highest BCUT2D eigenvalue weighted by atomic mass is 35.5. The van der Waals surface area contributed by atoms with Crippen LogP contribution in [0.3, 0.4) is 0 Å². The van der Waals surface area contributed by atoms with Crippen LogP contribution in [0.5, 0.6) is 0 Å². The van der Waals surface area contributed by atoms with Gasteiger partial charge in [-0.05, 0) is 48.9 Å². The second-order valence-corrected chi connectivity index (χ2v) is 6.79. The van der Waals surface area contributed by atoms with Crippen LogP contribution < -0.4 is 5.32 Å². The van der Waals surface area contributed by atoms with Gasteiger partial charge in [0.2, 0.25) is 0 Å². The van der Waals surface area contributed by atoms with Gasteiger partial charge in [-0.25, -0.2) is 15.0 Å². The zero-order chi connectivity index (χ0) is 15.4. The maximum atomic E-state index is 6.09. The standard InChI is InChI=1S/C17H16ClN5/c18-11-2-5-13-10(7-11)1-6-14(13)22-16-15-17(20-8-19-16)23(9-21-15)12-3-4-12/h2,5,7-9,12,14H,1,3-4,6H2,(H,19,20,22). The molecule has 5 rings (SSSR count). The van der Waals surface area contributed by atoms with E-state index in [1.807, 2.05) is 12.4 Å². The van der Waals surface area contributed by atoms with Gasteiger partial charge in [0.15, 0.2) is 11.5 Å². The minimum Gasteiger partial charge on any atom is -0.361 e. The molecule has 6 heteroatoms. The van der Waals surface area contributed by atoms with E-state index in [4.69, 9.17) is 11.6 Å². The van der Waals surface area contributed by atoms with Crippen molar-refractivity contribution in [2.45, 2.75) is 37.8 Å². The van der Waals surface area contributed by atoms with Crippen LogP contribution in [-0.4, -0.2) is 19.5 Å². The largest absolute Gasteiger partial charge is 0.361 e. The molecule has 23 heavy (non-hydrogen) atoms. The van der Waals surface area contributed by atoms with Gasteiger partial charge in [0, 0.05) is 11.1 Å². The van der Waals surface area contributed by atoms with Gasteiger partial charge in [0.05, 0.1) is 12.4 Å². The fourth-order valence-electron chi connectivity index (χ4n) is 3.48. The highest BCUT2D eigenvalue weighted by Gasteiger charge is 2.27. The Morgan fingerprint density at radius 1 is 1.13 bits per heavy atom. The van der Waals surface area contributed by atoms with E-state index in [1.165, 1.54) is 24.0 Å². The van der Waals surface area contributed by atoms with Crippen molar-refractivity contribution in [1.29, 1.82) is 0 Å². The van der Waals surface area contributed by atoms with Gasteiger partial charge in [0.1, 0.15) is 11.8 Å². The van der Waals surface area contributed by atoms with Crippen molar-refractivity contribution >= 4 is 28.6 Å². The molecule has 0 amide bonds. The third-order valence-corrected chi connectivity index (χ3v) is 5.03. The molecule has 1 N–H and O–H groups in total. The summed E-state index contributed by atoms with van der Waals surface area (Å²) in [4.78, 5) is 13.4.